The molecule has 0 amide bonds. The molecule has 0 aliphatic carbocycles. The summed E-state index contributed by atoms with van der Waals surface area (Å²) in [6, 6.07) is 16.3. The largest absolute Gasteiger partial charge is 0.390 e. The van der Waals surface area contributed by atoms with Crippen LogP contribution in [0.3, 0.4) is 0 Å². The van der Waals surface area contributed by atoms with Gasteiger partial charge in [0.2, 0.25) is 0 Å². The summed E-state index contributed by atoms with van der Waals surface area (Å²) in [7, 11) is 0. The number of aliphatic hydroxyl groups is 1. The number of aromatic amines is 1. The van der Waals surface area contributed by atoms with Gasteiger partial charge in [-0.05, 0) is 33.5 Å². The van der Waals surface area contributed by atoms with E-state index in [2.05, 4.69) is 62.9 Å². The second-order valence-electron chi connectivity index (χ2n) is 7.11. The summed E-state index contributed by atoms with van der Waals surface area (Å²) in [5.41, 5.74) is 4.84. The molecule has 2 N–H and O–H groups in total. The minimum Gasteiger partial charge on any atom is -0.390 e. The smallest absolute Gasteiger partial charge is 0.180 e. The summed E-state index contributed by atoms with van der Waals surface area (Å²) in [4.78, 5) is 4.47. The molecule has 0 saturated heterocycles. The topological polar surface area (TPSA) is 92.5 Å². The van der Waals surface area contributed by atoms with Crippen LogP contribution in [0.15, 0.2) is 48.5 Å². The van der Waals surface area contributed by atoms with Gasteiger partial charge in [-0.25, -0.2) is 10.1 Å². The van der Waals surface area contributed by atoms with E-state index in [1.165, 1.54) is 0 Å². The fourth-order valence-electron chi connectivity index (χ4n) is 3.56. The van der Waals surface area contributed by atoms with Crippen LogP contribution in [-0.4, -0.2) is 86.7 Å². The predicted octanol–water partition coefficient (Wildman–Crippen LogP) is 3.89. The van der Waals surface area contributed by atoms with Gasteiger partial charge in [-0.2, -0.15) is 0 Å². The van der Waals surface area contributed by atoms with Crippen molar-refractivity contribution in [2.24, 2.45) is 0 Å². The number of H-pyrrole nitrogens is 1. The molecule has 1 radical (unpaired) electrons. The standard InChI is InChI=1S/C22H23ClN6O.K/c1-2-3-8-20-24-21(23)19(14-30)29(20)13-15-9-11-16(12-10-15)17-6-4-5-7-18(17)22-25-27-28-26-22;/h4-7,9-12,30H,2-3,8,13-14H2,1H3,(H,25,26,27,28);. The van der Waals surface area contributed by atoms with Gasteiger partial charge in [0.1, 0.15) is 5.82 Å². The maximum Gasteiger partial charge on any atom is 0.180 e. The number of benzene rings is 2. The number of nitrogens with one attached hydrogen (secondary N) is 1. The SMILES string of the molecule is CCCCc1nc(Cl)c(CO)n1Cc1ccc(-c2ccccc2-c2nnn[nH]2)cc1.[K]. The number of aryl methyl sites for hydroxylation is 1. The van der Waals surface area contributed by atoms with E-state index in [0.29, 0.717) is 23.2 Å². The first-order valence-electron chi connectivity index (χ1n) is 9.98. The van der Waals surface area contributed by atoms with Crippen LogP contribution in [0.1, 0.15) is 36.8 Å². The summed E-state index contributed by atoms with van der Waals surface area (Å²) in [6.45, 7) is 2.63. The Bertz CT molecular complexity index is 1110. The van der Waals surface area contributed by atoms with Crippen molar-refractivity contribution in [1.82, 2.24) is 30.2 Å². The third-order valence-corrected chi connectivity index (χ3v) is 5.44. The maximum absolute atomic E-state index is 9.77. The van der Waals surface area contributed by atoms with E-state index in [1.807, 2.05) is 22.8 Å². The maximum atomic E-state index is 9.77. The minimum absolute atomic E-state index is 0. The summed E-state index contributed by atoms with van der Waals surface area (Å²) < 4.78 is 2.03. The molecule has 4 rings (SSSR count). The predicted molar refractivity (Wildman–Crippen MR) is 122 cm³/mol. The fourth-order valence-corrected chi connectivity index (χ4v) is 3.81. The average molecular weight is 462 g/mol. The zero-order chi connectivity index (χ0) is 20.9. The van der Waals surface area contributed by atoms with Crippen LogP contribution in [0.2, 0.25) is 5.15 Å². The Labute approximate surface area is 228 Å². The number of hydrogen-bond acceptors (Lipinski definition) is 5. The van der Waals surface area contributed by atoms with Crippen molar-refractivity contribution >= 4 is 63.0 Å². The average Bonchev–Trinajstić information content (AvgIpc) is 3.41. The molecule has 4 aromatic rings. The summed E-state index contributed by atoms with van der Waals surface area (Å²) in [6.07, 6.45) is 2.95. The van der Waals surface area contributed by atoms with Crippen molar-refractivity contribution in [3.63, 3.8) is 0 Å². The normalized spacial score (nSPS) is 10.8. The summed E-state index contributed by atoms with van der Waals surface area (Å²) >= 11 is 6.26. The Balaban J connectivity index is 0.00000272. The van der Waals surface area contributed by atoms with Gasteiger partial charge >= 0.3 is 0 Å². The molecule has 2 aromatic heterocycles. The molecule has 0 spiro atoms. The molecule has 0 aliphatic rings. The fraction of sp³-hybridized carbons (Fsp3) is 0.273. The second kappa shape index (κ2) is 11.5. The zero-order valence-corrected chi connectivity index (χ0v) is 21.6. The molecule has 0 bridgehead atoms. The zero-order valence-electron chi connectivity index (χ0n) is 17.7. The Morgan fingerprint density at radius 2 is 1.81 bits per heavy atom. The van der Waals surface area contributed by atoms with Crippen LogP contribution in [0.25, 0.3) is 22.5 Å². The van der Waals surface area contributed by atoms with Gasteiger partial charge in [0, 0.05) is 69.9 Å². The first-order valence-corrected chi connectivity index (χ1v) is 10.4. The van der Waals surface area contributed by atoms with Gasteiger partial charge in [0.25, 0.3) is 0 Å². The van der Waals surface area contributed by atoms with Crippen molar-refractivity contribution < 1.29 is 5.11 Å². The number of aliphatic hydroxyl groups excluding tert-OH is 1. The molecular weight excluding hydrogens is 439 g/mol. The molecule has 2 aromatic carbocycles. The van der Waals surface area contributed by atoms with Gasteiger partial charge in [0.05, 0.1) is 12.3 Å². The van der Waals surface area contributed by atoms with E-state index in [1.54, 1.807) is 0 Å². The number of rotatable bonds is 8. The molecule has 0 atom stereocenters. The molecule has 0 unspecified atom stereocenters. The summed E-state index contributed by atoms with van der Waals surface area (Å²) in [5, 5.41) is 24.4. The van der Waals surface area contributed by atoms with E-state index in [9.17, 15) is 5.11 Å². The first-order chi connectivity index (χ1) is 14.7. The molecule has 0 saturated carbocycles. The molecule has 31 heavy (non-hydrogen) atoms. The van der Waals surface area contributed by atoms with Crippen LogP contribution >= 0.6 is 11.6 Å². The number of halogens is 1. The molecule has 0 fully saturated rings. The van der Waals surface area contributed by atoms with Crippen molar-refractivity contribution in [2.45, 2.75) is 39.3 Å². The molecule has 0 aliphatic heterocycles. The molecule has 9 heteroatoms. The number of imidazole rings is 1. The van der Waals surface area contributed by atoms with Gasteiger partial charge in [-0.15, -0.1) is 5.10 Å². The van der Waals surface area contributed by atoms with Crippen LogP contribution in [-0.2, 0) is 19.6 Å². The van der Waals surface area contributed by atoms with Crippen molar-refractivity contribution in [3.8, 4) is 22.5 Å². The van der Waals surface area contributed by atoms with Gasteiger partial charge in [-0.3, -0.25) is 0 Å². The van der Waals surface area contributed by atoms with Crippen LogP contribution in [0, 0.1) is 0 Å². The molecule has 155 valence electrons. The van der Waals surface area contributed by atoms with Crippen LogP contribution in [0.5, 0.6) is 0 Å². The van der Waals surface area contributed by atoms with Gasteiger partial charge < -0.3 is 9.67 Å². The summed E-state index contributed by atoms with van der Waals surface area (Å²) in [5.74, 6) is 1.55. The minimum atomic E-state index is -0.130. The third-order valence-electron chi connectivity index (χ3n) is 5.14. The van der Waals surface area contributed by atoms with Gasteiger partial charge in [-0.1, -0.05) is 73.5 Å². The Kier molecular flexibility index (Phi) is 8.97. The molecule has 7 nitrogen and oxygen atoms in total. The number of tetrazole rings is 1. The van der Waals surface area contributed by atoms with Crippen molar-refractivity contribution in [1.29, 1.82) is 0 Å². The third kappa shape index (κ3) is 5.51. The van der Waals surface area contributed by atoms with E-state index in [0.717, 1.165) is 47.3 Å². The molecular formula is C22H23ClKN6O. The van der Waals surface area contributed by atoms with E-state index < -0.39 is 0 Å². The van der Waals surface area contributed by atoms with E-state index in [-0.39, 0.29) is 58.0 Å². The van der Waals surface area contributed by atoms with Crippen molar-refractivity contribution in [3.05, 3.63) is 70.8 Å². The Morgan fingerprint density at radius 1 is 1.06 bits per heavy atom. The number of hydrogen-bond donors (Lipinski definition) is 2. The quantitative estimate of drug-likeness (QED) is 0.388. The van der Waals surface area contributed by atoms with E-state index in [4.69, 9.17) is 11.6 Å². The number of aromatic nitrogens is 6. The van der Waals surface area contributed by atoms with Crippen molar-refractivity contribution in [2.75, 3.05) is 0 Å². The monoisotopic (exact) mass is 461 g/mol. The molecule has 2 heterocycles. The first kappa shape index (κ1) is 24.3. The number of unbranched alkanes of at least 4 members (excludes halogenated alkanes) is 1. The number of nitrogens with zero attached hydrogens (tertiary/aromatic N) is 5. The van der Waals surface area contributed by atoms with Crippen LogP contribution in [0.4, 0.5) is 0 Å². The van der Waals surface area contributed by atoms with E-state index >= 15 is 0 Å². The van der Waals surface area contributed by atoms with Crippen LogP contribution < -0.4 is 0 Å². The van der Waals surface area contributed by atoms with Gasteiger partial charge in [0.15, 0.2) is 11.0 Å². The Hall–Kier alpha value is -1.39. The Morgan fingerprint density at radius 3 is 2.45 bits per heavy atom. The second-order valence-corrected chi connectivity index (χ2v) is 7.46.